The van der Waals surface area contributed by atoms with Crippen LogP contribution < -0.4 is 5.32 Å². The molecule has 1 aliphatic rings. The van der Waals surface area contributed by atoms with E-state index in [1.165, 1.54) is 30.4 Å². The van der Waals surface area contributed by atoms with Crippen LogP contribution in [0.1, 0.15) is 35.6 Å². The molecule has 0 saturated carbocycles. The smallest absolute Gasteiger partial charge is 0.120 e. The molecule has 1 atom stereocenters. The number of hydrogen-bond donors (Lipinski definition) is 2. The summed E-state index contributed by atoms with van der Waals surface area (Å²) in [7, 11) is 0. The van der Waals surface area contributed by atoms with Gasteiger partial charge in [-0.1, -0.05) is 42.5 Å². The molecule has 1 unspecified atom stereocenters. The van der Waals surface area contributed by atoms with E-state index >= 15 is 0 Å². The summed E-state index contributed by atoms with van der Waals surface area (Å²) in [6, 6.07) is 16.6. The van der Waals surface area contributed by atoms with Gasteiger partial charge in [-0.05, 0) is 36.5 Å². The van der Waals surface area contributed by atoms with E-state index in [2.05, 4.69) is 29.6 Å². The molecular formula is C17H19NO. The predicted octanol–water partition coefficient (Wildman–Crippen LogP) is 3.56. The zero-order chi connectivity index (χ0) is 13.1. The van der Waals surface area contributed by atoms with Crippen molar-refractivity contribution in [2.24, 2.45) is 0 Å². The minimum atomic E-state index is 0.374. The van der Waals surface area contributed by atoms with Crippen LogP contribution >= 0.6 is 0 Å². The van der Waals surface area contributed by atoms with Crippen molar-refractivity contribution in [1.29, 1.82) is 0 Å². The van der Waals surface area contributed by atoms with Crippen LogP contribution in [0.25, 0.3) is 0 Å². The number of para-hydroxylation sites is 1. The third-order valence-corrected chi connectivity index (χ3v) is 3.90. The SMILES string of the molecule is Oc1ccccc1CNC1CCCc2ccccc21. The maximum Gasteiger partial charge on any atom is 0.120 e. The molecule has 0 radical (unpaired) electrons. The third-order valence-electron chi connectivity index (χ3n) is 3.90. The Bertz CT molecular complexity index is 565. The fourth-order valence-electron chi connectivity index (χ4n) is 2.86. The van der Waals surface area contributed by atoms with Crippen LogP contribution in [0.3, 0.4) is 0 Å². The van der Waals surface area contributed by atoms with E-state index in [1.807, 2.05) is 18.2 Å². The number of rotatable bonds is 3. The number of aryl methyl sites for hydroxylation is 1. The van der Waals surface area contributed by atoms with Gasteiger partial charge in [0.1, 0.15) is 5.75 Å². The molecule has 19 heavy (non-hydrogen) atoms. The van der Waals surface area contributed by atoms with Gasteiger partial charge in [0.2, 0.25) is 0 Å². The van der Waals surface area contributed by atoms with Crippen molar-refractivity contribution in [2.45, 2.75) is 31.8 Å². The van der Waals surface area contributed by atoms with Gasteiger partial charge in [-0.2, -0.15) is 0 Å². The first-order chi connectivity index (χ1) is 9.34. The zero-order valence-corrected chi connectivity index (χ0v) is 11.0. The normalized spacial score (nSPS) is 18.0. The first-order valence-corrected chi connectivity index (χ1v) is 6.92. The molecule has 98 valence electrons. The second kappa shape index (κ2) is 5.45. The van der Waals surface area contributed by atoms with E-state index in [0.717, 1.165) is 5.56 Å². The van der Waals surface area contributed by atoms with Crippen LogP contribution in [0.2, 0.25) is 0 Å². The highest BCUT2D eigenvalue weighted by Gasteiger charge is 2.19. The van der Waals surface area contributed by atoms with Gasteiger partial charge >= 0.3 is 0 Å². The Morgan fingerprint density at radius 3 is 2.74 bits per heavy atom. The second-order valence-electron chi connectivity index (χ2n) is 5.15. The van der Waals surface area contributed by atoms with Crippen LogP contribution in [-0.4, -0.2) is 5.11 Å². The molecule has 2 aromatic carbocycles. The van der Waals surface area contributed by atoms with Gasteiger partial charge in [-0.15, -0.1) is 0 Å². The maximum atomic E-state index is 9.80. The van der Waals surface area contributed by atoms with Gasteiger partial charge in [0.05, 0.1) is 0 Å². The van der Waals surface area contributed by atoms with Gasteiger partial charge in [-0.25, -0.2) is 0 Å². The number of phenols is 1. The standard InChI is InChI=1S/C17H19NO/c19-17-11-4-2-7-14(17)12-18-16-10-5-8-13-6-1-3-9-15(13)16/h1-4,6-7,9,11,16,18-19H,5,8,10,12H2. The molecule has 2 N–H and O–H groups in total. The Morgan fingerprint density at radius 2 is 1.84 bits per heavy atom. The summed E-state index contributed by atoms with van der Waals surface area (Å²) in [6.07, 6.45) is 3.59. The lowest BCUT2D eigenvalue weighted by Gasteiger charge is -2.26. The van der Waals surface area contributed by atoms with Crippen molar-refractivity contribution < 1.29 is 5.11 Å². The molecule has 0 fully saturated rings. The lowest BCUT2D eigenvalue weighted by Crippen LogP contribution is -2.24. The van der Waals surface area contributed by atoms with E-state index in [-0.39, 0.29) is 0 Å². The van der Waals surface area contributed by atoms with Crippen LogP contribution in [0, 0.1) is 0 Å². The molecule has 0 bridgehead atoms. The van der Waals surface area contributed by atoms with E-state index in [9.17, 15) is 5.11 Å². The van der Waals surface area contributed by atoms with Crippen molar-refractivity contribution in [3.05, 3.63) is 65.2 Å². The number of fused-ring (bicyclic) bond motifs is 1. The Hall–Kier alpha value is -1.80. The number of hydrogen-bond acceptors (Lipinski definition) is 2. The minimum absolute atomic E-state index is 0.374. The van der Waals surface area contributed by atoms with Crippen LogP contribution in [-0.2, 0) is 13.0 Å². The topological polar surface area (TPSA) is 32.3 Å². The molecule has 0 saturated heterocycles. The van der Waals surface area contributed by atoms with Crippen LogP contribution in [0.15, 0.2) is 48.5 Å². The Labute approximate surface area is 114 Å². The van der Waals surface area contributed by atoms with Gasteiger partial charge < -0.3 is 10.4 Å². The summed E-state index contributed by atoms with van der Waals surface area (Å²) in [6.45, 7) is 0.714. The molecule has 3 rings (SSSR count). The summed E-state index contributed by atoms with van der Waals surface area (Å²) in [5.41, 5.74) is 3.85. The largest absolute Gasteiger partial charge is 0.508 e. The average molecular weight is 253 g/mol. The summed E-state index contributed by atoms with van der Waals surface area (Å²) < 4.78 is 0. The molecule has 1 aliphatic carbocycles. The van der Waals surface area contributed by atoms with Crippen molar-refractivity contribution >= 4 is 0 Å². The van der Waals surface area contributed by atoms with E-state index in [4.69, 9.17) is 0 Å². The highest BCUT2D eigenvalue weighted by molar-refractivity contribution is 5.34. The Morgan fingerprint density at radius 1 is 1.05 bits per heavy atom. The molecule has 2 aromatic rings. The first kappa shape index (κ1) is 12.2. The lowest BCUT2D eigenvalue weighted by atomic mass is 9.87. The molecule has 0 aliphatic heterocycles. The molecule has 0 amide bonds. The molecule has 0 heterocycles. The van der Waals surface area contributed by atoms with Crippen LogP contribution in [0.5, 0.6) is 5.75 Å². The van der Waals surface area contributed by atoms with E-state index in [1.54, 1.807) is 6.07 Å². The maximum absolute atomic E-state index is 9.80. The fraction of sp³-hybridized carbons (Fsp3) is 0.294. The highest BCUT2D eigenvalue weighted by Crippen LogP contribution is 2.30. The van der Waals surface area contributed by atoms with Crippen LogP contribution in [0.4, 0.5) is 0 Å². The molecule has 0 spiro atoms. The fourth-order valence-corrected chi connectivity index (χ4v) is 2.86. The van der Waals surface area contributed by atoms with Crippen molar-refractivity contribution in [3.8, 4) is 5.75 Å². The van der Waals surface area contributed by atoms with Crippen molar-refractivity contribution in [1.82, 2.24) is 5.32 Å². The second-order valence-corrected chi connectivity index (χ2v) is 5.15. The van der Waals surface area contributed by atoms with E-state index in [0.29, 0.717) is 18.3 Å². The molecule has 2 nitrogen and oxygen atoms in total. The van der Waals surface area contributed by atoms with E-state index < -0.39 is 0 Å². The first-order valence-electron chi connectivity index (χ1n) is 6.92. The number of phenolic OH excluding ortho intramolecular Hbond substituents is 1. The number of nitrogens with one attached hydrogen (secondary N) is 1. The minimum Gasteiger partial charge on any atom is -0.508 e. The van der Waals surface area contributed by atoms with Crippen molar-refractivity contribution in [3.63, 3.8) is 0 Å². The van der Waals surface area contributed by atoms with Crippen molar-refractivity contribution in [2.75, 3.05) is 0 Å². The molecular weight excluding hydrogens is 234 g/mol. The van der Waals surface area contributed by atoms with Gasteiger partial charge in [0.25, 0.3) is 0 Å². The zero-order valence-electron chi connectivity index (χ0n) is 11.0. The predicted molar refractivity (Wildman–Crippen MR) is 77.1 cm³/mol. The molecule has 2 heteroatoms. The monoisotopic (exact) mass is 253 g/mol. The number of aromatic hydroxyl groups is 1. The summed E-state index contributed by atoms with van der Waals surface area (Å²) >= 11 is 0. The van der Waals surface area contributed by atoms with Gasteiger partial charge in [0.15, 0.2) is 0 Å². The lowest BCUT2D eigenvalue weighted by molar-refractivity contribution is 0.438. The summed E-state index contributed by atoms with van der Waals surface area (Å²) in [5.74, 6) is 0.374. The highest BCUT2D eigenvalue weighted by atomic mass is 16.3. The summed E-state index contributed by atoms with van der Waals surface area (Å²) in [5, 5.41) is 13.4. The molecule has 0 aromatic heterocycles. The van der Waals surface area contributed by atoms with Gasteiger partial charge in [-0.3, -0.25) is 0 Å². The van der Waals surface area contributed by atoms with Gasteiger partial charge in [0, 0.05) is 18.2 Å². The quantitative estimate of drug-likeness (QED) is 0.876. The Kier molecular flexibility index (Phi) is 3.51. The third kappa shape index (κ3) is 2.64. The Balaban J connectivity index is 1.73. The summed E-state index contributed by atoms with van der Waals surface area (Å²) in [4.78, 5) is 0. The number of benzene rings is 2. The average Bonchev–Trinajstić information content (AvgIpc) is 2.46.